The molecule has 1 N–H and O–H groups in total. The van der Waals surface area contributed by atoms with Gasteiger partial charge in [0.05, 0.1) is 0 Å². The molecule has 0 unspecified atom stereocenters. The van der Waals surface area contributed by atoms with Gasteiger partial charge >= 0.3 is 0 Å². The van der Waals surface area contributed by atoms with Gasteiger partial charge in [0.15, 0.2) is 0 Å². The van der Waals surface area contributed by atoms with Crippen LogP contribution in [0.25, 0.3) is 11.1 Å². The Kier molecular flexibility index (Phi) is 7.07. The van der Waals surface area contributed by atoms with Gasteiger partial charge in [0.25, 0.3) is 11.8 Å². The van der Waals surface area contributed by atoms with E-state index in [2.05, 4.69) is 11.6 Å². The summed E-state index contributed by atoms with van der Waals surface area (Å²) in [6.45, 7) is 0.682. The van der Waals surface area contributed by atoms with Crippen molar-refractivity contribution in [3.05, 3.63) is 59.7 Å². The molecule has 0 bridgehead atoms. The lowest BCUT2D eigenvalue weighted by Crippen LogP contribution is -2.24. The molecule has 0 aliphatic heterocycles. The van der Waals surface area contributed by atoms with Crippen LogP contribution in [0.3, 0.4) is 0 Å². The summed E-state index contributed by atoms with van der Waals surface area (Å²) in [4.78, 5) is 26.1. The molecule has 0 saturated heterocycles. The Balaban J connectivity index is 2.15. The summed E-state index contributed by atoms with van der Waals surface area (Å²) in [5, 5.41) is 2.92. The van der Waals surface area contributed by atoms with Gasteiger partial charge in [0.2, 0.25) is 0 Å². The third kappa shape index (κ3) is 5.10. The van der Waals surface area contributed by atoms with Gasteiger partial charge in [-0.2, -0.15) is 11.8 Å². The second kappa shape index (κ2) is 9.28. The summed E-state index contributed by atoms with van der Waals surface area (Å²) < 4.78 is 0. The molecule has 0 radical (unpaired) electrons. The molecule has 2 aromatic carbocycles. The lowest BCUT2D eigenvalue weighted by Gasteiger charge is -2.14. The van der Waals surface area contributed by atoms with Crippen molar-refractivity contribution in [2.45, 2.75) is 6.42 Å². The number of thioether (sulfide) groups is 1. The Labute approximate surface area is 153 Å². The van der Waals surface area contributed by atoms with Crippen LogP contribution in [0.15, 0.2) is 48.5 Å². The highest BCUT2D eigenvalue weighted by atomic mass is 32.2. The van der Waals surface area contributed by atoms with Crippen molar-refractivity contribution in [1.82, 2.24) is 10.2 Å². The topological polar surface area (TPSA) is 49.4 Å². The van der Waals surface area contributed by atoms with Crippen LogP contribution in [0.1, 0.15) is 27.1 Å². The molecule has 0 saturated carbocycles. The first-order chi connectivity index (χ1) is 12.0. The van der Waals surface area contributed by atoms with Crippen LogP contribution in [-0.2, 0) is 0 Å². The van der Waals surface area contributed by atoms with Gasteiger partial charge in [-0.05, 0) is 47.8 Å². The SMILES string of the molecule is CSCCCNC(=O)c1ccc(-c2ccccc2C(=O)N(C)C)cc1. The molecule has 0 atom stereocenters. The maximum Gasteiger partial charge on any atom is 0.253 e. The molecule has 0 aromatic heterocycles. The van der Waals surface area contributed by atoms with Crippen molar-refractivity contribution in [3.63, 3.8) is 0 Å². The zero-order chi connectivity index (χ0) is 18.2. The van der Waals surface area contributed by atoms with E-state index in [1.165, 1.54) is 0 Å². The molecule has 0 spiro atoms. The Bertz CT molecular complexity index is 727. The largest absolute Gasteiger partial charge is 0.352 e. The summed E-state index contributed by atoms with van der Waals surface area (Å²) in [5.74, 6) is 0.937. The van der Waals surface area contributed by atoms with Crippen LogP contribution in [0.2, 0.25) is 0 Å². The molecule has 2 rings (SSSR count). The summed E-state index contributed by atoms with van der Waals surface area (Å²) in [6, 6.07) is 14.9. The predicted octanol–water partition coefficient (Wildman–Crippen LogP) is 3.54. The Morgan fingerprint density at radius 2 is 1.72 bits per heavy atom. The summed E-state index contributed by atoms with van der Waals surface area (Å²) in [5.41, 5.74) is 3.07. The van der Waals surface area contributed by atoms with E-state index in [0.717, 1.165) is 23.3 Å². The summed E-state index contributed by atoms with van der Waals surface area (Å²) in [6.07, 6.45) is 3.02. The van der Waals surface area contributed by atoms with Crippen molar-refractivity contribution in [1.29, 1.82) is 0 Å². The zero-order valence-corrected chi connectivity index (χ0v) is 15.7. The second-order valence-corrected chi connectivity index (χ2v) is 6.91. The molecule has 2 amide bonds. The monoisotopic (exact) mass is 356 g/mol. The number of nitrogens with zero attached hydrogens (tertiary/aromatic N) is 1. The number of hydrogen-bond acceptors (Lipinski definition) is 3. The van der Waals surface area contributed by atoms with Crippen LogP contribution >= 0.6 is 11.8 Å². The van der Waals surface area contributed by atoms with E-state index in [-0.39, 0.29) is 11.8 Å². The number of rotatable bonds is 7. The van der Waals surface area contributed by atoms with Gasteiger partial charge in [0.1, 0.15) is 0 Å². The number of nitrogens with one attached hydrogen (secondary N) is 1. The Morgan fingerprint density at radius 3 is 2.36 bits per heavy atom. The van der Waals surface area contributed by atoms with Crippen LogP contribution in [0.4, 0.5) is 0 Å². The number of benzene rings is 2. The third-order valence-electron chi connectivity index (χ3n) is 3.83. The average Bonchev–Trinajstić information content (AvgIpc) is 2.64. The Morgan fingerprint density at radius 1 is 1.04 bits per heavy atom. The number of carbonyl (C=O) groups excluding carboxylic acids is 2. The summed E-state index contributed by atoms with van der Waals surface area (Å²) in [7, 11) is 3.48. The number of amides is 2. The van der Waals surface area contributed by atoms with Crippen molar-refractivity contribution in [3.8, 4) is 11.1 Å². The van der Waals surface area contributed by atoms with Crippen LogP contribution in [0.5, 0.6) is 0 Å². The molecular formula is C20H24N2O2S. The first kappa shape index (κ1) is 19.1. The van der Waals surface area contributed by atoms with Gasteiger partial charge in [-0.25, -0.2) is 0 Å². The van der Waals surface area contributed by atoms with E-state index in [1.807, 2.05) is 36.4 Å². The van der Waals surface area contributed by atoms with E-state index in [4.69, 9.17) is 0 Å². The molecule has 132 valence electrons. The van der Waals surface area contributed by atoms with E-state index < -0.39 is 0 Å². The van der Waals surface area contributed by atoms with Crippen molar-refractivity contribution < 1.29 is 9.59 Å². The maximum atomic E-state index is 12.3. The number of hydrogen-bond donors (Lipinski definition) is 1. The zero-order valence-electron chi connectivity index (χ0n) is 14.9. The molecule has 2 aromatic rings. The fourth-order valence-corrected chi connectivity index (χ4v) is 2.92. The minimum atomic E-state index is -0.0645. The van der Waals surface area contributed by atoms with Gasteiger partial charge in [0, 0.05) is 31.8 Å². The van der Waals surface area contributed by atoms with E-state index >= 15 is 0 Å². The molecule has 0 heterocycles. The summed E-state index contributed by atoms with van der Waals surface area (Å²) >= 11 is 1.77. The molecular weight excluding hydrogens is 332 g/mol. The third-order valence-corrected chi connectivity index (χ3v) is 4.53. The highest BCUT2D eigenvalue weighted by Gasteiger charge is 2.14. The maximum absolute atomic E-state index is 12.3. The van der Waals surface area contributed by atoms with Crippen molar-refractivity contribution >= 4 is 23.6 Å². The molecule has 5 heteroatoms. The average molecular weight is 356 g/mol. The van der Waals surface area contributed by atoms with Gasteiger partial charge in [-0.1, -0.05) is 30.3 Å². The van der Waals surface area contributed by atoms with Crippen LogP contribution in [0, 0.1) is 0 Å². The standard InChI is InChI=1S/C20H24N2O2S/c1-22(2)20(24)18-8-5-4-7-17(18)15-9-11-16(12-10-15)19(23)21-13-6-14-25-3/h4-5,7-12H,6,13-14H2,1-3H3,(H,21,23). The molecule has 0 aliphatic carbocycles. The fraction of sp³-hybridized carbons (Fsp3) is 0.300. The normalized spacial score (nSPS) is 10.4. The smallest absolute Gasteiger partial charge is 0.253 e. The lowest BCUT2D eigenvalue weighted by molar-refractivity contribution is 0.0828. The minimum absolute atomic E-state index is 0.0359. The van der Waals surface area contributed by atoms with E-state index in [0.29, 0.717) is 17.7 Å². The van der Waals surface area contributed by atoms with Gasteiger partial charge in [-0.15, -0.1) is 0 Å². The van der Waals surface area contributed by atoms with Gasteiger partial charge in [-0.3, -0.25) is 9.59 Å². The fourth-order valence-electron chi connectivity index (χ4n) is 2.48. The minimum Gasteiger partial charge on any atom is -0.352 e. The highest BCUT2D eigenvalue weighted by Crippen LogP contribution is 2.25. The van der Waals surface area contributed by atoms with Crippen LogP contribution < -0.4 is 5.32 Å². The first-order valence-electron chi connectivity index (χ1n) is 8.23. The van der Waals surface area contributed by atoms with Crippen LogP contribution in [-0.4, -0.2) is 49.4 Å². The molecule has 4 nitrogen and oxygen atoms in total. The number of carbonyl (C=O) groups is 2. The molecule has 0 fully saturated rings. The van der Waals surface area contributed by atoms with Crippen molar-refractivity contribution in [2.75, 3.05) is 32.6 Å². The molecule has 25 heavy (non-hydrogen) atoms. The lowest BCUT2D eigenvalue weighted by atomic mass is 9.98. The highest BCUT2D eigenvalue weighted by molar-refractivity contribution is 7.98. The quantitative estimate of drug-likeness (QED) is 0.772. The molecule has 0 aliphatic rings. The van der Waals surface area contributed by atoms with Gasteiger partial charge < -0.3 is 10.2 Å². The van der Waals surface area contributed by atoms with E-state index in [9.17, 15) is 9.59 Å². The van der Waals surface area contributed by atoms with E-state index in [1.54, 1.807) is 42.9 Å². The second-order valence-electron chi connectivity index (χ2n) is 5.92. The Hall–Kier alpha value is -2.27. The van der Waals surface area contributed by atoms with Crippen molar-refractivity contribution in [2.24, 2.45) is 0 Å². The first-order valence-corrected chi connectivity index (χ1v) is 9.62. The predicted molar refractivity (Wildman–Crippen MR) is 105 cm³/mol.